The van der Waals surface area contributed by atoms with Gasteiger partial charge in [0.05, 0.1) is 7.11 Å². The molecule has 1 aromatic carbocycles. The summed E-state index contributed by atoms with van der Waals surface area (Å²) < 4.78 is 13.0. The van der Waals surface area contributed by atoms with E-state index in [9.17, 15) is 0 Å². The highest BCUT2D eigenvalue weighted by molar-refractivity contribution is 5.40. The lowest BCUT2D eigenvalue weighted by Gasteiger charge is -2.13. The molecule has 0 saturated heterocycles. The third-order valence-corrected chi connectivity index (χ3v) is 3.19. The lowest BCUT2D eigenvalue weighted by atomic mass is 10.2. The lowest BCUT2D eigenvalue weighted by Crippen LogP contribution is -2.13. The quantitative estimate of drug-likeness (QED) is 0.805. The zero-order valence-electron chi connectivity index (χ0n) is 12.8. The lowest BCUT2D eigenvalue weighted by molar-refractivity contribution is 0.283. The van der Waals surface area contributed by atoms with E-state index >= 15 is 0 Å². The number of nitrogens with zero attached hydrogens (tertiary/aromatic N) is 3. The van der Waals surface area contributed by atoms with Gasteiger partial charge in [-0.2, -0.15) is 5.10 Å². The Morgan fingerprint density at radius 1 is 1.29 bits per heavy atom. The molecule has 114 valence electrons. The number of hydrogen-bond acceptors (Lipinski definition) is 5. The smallest absolute Gasteiger partial charge is 0.164 e. The minimum Gasteiger partial charge on any atom is -0.497 e. The second kappa shape index (κ2) is 7.64. The number of aromatic nitrogens is 3. The Morgan fingerprint density at radius 2 is 2.14 bits per heavy atom. The molecule has 21 heavy (non-hydrogen) atoms. The fourth-order valence-electron chi connectivity index (χ4n) is 2.03. The van der Waals surface area contributed by atoms with Crippen LogP contribution in [0.3, 0.4) is 0 Å². The molecule has 6 heteroatoms. The van der Waals surface area contributed by atoms with Crippen LogP contribution in [0.1, 0.15) is 25.2 Å². The van der Waals surface area contributed by atoms with Gasteiger partial charge in [-0.3, -0.25) is 0 Å². The average Bonchev–Trinajstić information content (AvgIpc) is 2.98. The molecule has 0 fully saturated rings. The van der Waals surface area contributed by atoms with E-state index in [-0.39, 0.29) is 0 Å². The molecule has 6 nitrogen and oxygen atoms in total. The molecular formula is C15H22N4O2. The van der Waals surface area contributed by atoms with Gasteiger partial charge in [0.15, 0.2) is 5.82 Å². The van der Waals surface area contributed by atoms with E-state index in [2.05, 4.69) is 22.3 Å². The first-order valence-electron chi connectivity index (χ1n) is 7.15. The maximum Gasteiger partial charge on any atom is 0.164 e. The molecule has 0 spiro atoms. The molecule has 2 rings (SSSR count). The first kappa shape index (κ1) is 15.3. The third kappa shape index (κ3) is 3.95. The van der Waals surface area contributed by atoms with Crippen molar-refractivity contribution >= 4 is 0 Å². The fourth-order valence-corrected chi connectivity index (χ4v) is 2.03. The van der Waals surface area contributed by atoms with Crippen LogP contribution in [0.25, 0.3) is 0 Å². The zero-order valence-corrected chi connectivity index (χ0v) is 12.8. The number of rotatable bonds is 8. The van der Waals surface area contributed by atoms with E-state index in [4.69, 9.17) is 9.47 Å². The molecule has 0 aliphatic carbocycles. The molecule has 0 unspecified atom stereocenters. The summed E-state index contributed by atoms with van der Waals surface area (Å²) in [5, 5.41) is 7.44. The molecule has 0 bridgehead atoms. The molecule has 0 aliphatic rings. The summed E-state index contributed by atoms with van der Waals surface area (Å²) in [6.07, 6.45) is 1.55. The van der Waals surface area contributed by atoms with E-state index in [0.717, 1.165) is 42.5 Å². The van der Waals surface area contributed by atoms with Crippen LogP contribution >= 0.6 is 0 Å². The molecule has 0 atom stereocenters. The van der Waals surface area contributed by atoms with Gasteiger partial charge in [-0.25, -0.2) is 9.67 Å². The van der Waals surface area contributed by atoms with E-state index in [1.165, 1.54) is 0 Å². The number of hydrogen-bond donors (Lipinski definition) is 1. The number of methoxy groups -OCH3 is 1. The highest BCUT2D eigenvalue weighted by Crippen LogP contribution is 2.24. The summed E-state index contributed by atoms with van der Waals surface area (Å²) in [5.41, 5.74) is 1.07. The van der Waals surface area contributed by atoms with Crippen molar-refractivity contribution in [1.29, 1.82) is 0 Å². The van der Waals surface area contributed by atoms with Crippen LogP contribution in [-0.2, 0) is 19.7 Å². The van der Waals surface area contributed by atoms with Gasteiger partial charge in [0, 0.05) is 18.7 Å². The molecule has 0 aliphatic heterocycles. The van der Waals surface area contributed by atoms with Gasteiger partial charge < -0.3 is 14.8 Å². The van der Waals surface area contributed by atoms with Crippen LogP contribution in [0.15, 0.2) is 24.5 Å². The van der Waals surface area contributed by atoms with E-state index in [1.54, 1.807) is 13.4 Å². The summed E-state index contributed by atoms with van der Waals surface area (Å²) in [5.74, 6) is 2.48. The number of ether oxygens (including phenoxy) is 2. The van der Waals surface area contributed by atoms with Crippen molar-refractivity contribution in [2.75, 3.05) is 13.7 Å². The summed E-state index contributed by atoms with van der Waals surface area (Å²) in [4.78, 5) is 4.21. The maximum absolute atomic E-state index is 5.90. The molecule has 1 N–H and O–H groups in total. The van der Waals surface area contributed by atoms with Crippen LogP contribution < -0.4 is 14.8 Å². The highest BCUT2D eigenvalue weighted by atomic mass is 16.5. The van der Waals surface area contributed by atoms with Crippen molar-refractivity contribution in [1.82, 2.24) is 20.1 Å². The molecule has 0 saturated carbocycles. The van der Waals surface area contributed by atoms with E-state index in [1.807, 2.05) is 29.8 Å². The van der Waals surface area contributed by atoms with Crippen LogP contribution in [0.5, 0.6) is 11.5 Å². The van der Waals surface area contributed by atoms with E-state index in [0.29, 0.717) is 6.61 Å². The van der Waals surface area contributed by atoms with Crippen molar-refractivity contribution < 1.29 is 9.47 Å². The van der Waals surface area contributed by atoms with Gasteiger partial charge in [0.25, 0.3) is 0 Å². The predicted molar refractivity (Wildman–Crippen MR) is 80.4 cm³/mol. The predicted octanol–water partition coefficient (Wildman–Crippen LogP) is 2.00. The van der Waals surface area contributed by atoms with Gasteiger partial charge in [-0.1, -0.05) is 6.92 Å². The fraction of sp³-hybridized carbons (Fsp3) is 0.467. The Morgan fingerprint density at radius 3 is 2.86 bits per heavy atom. The van der Waals surface area contributed by atoms with Crippen molar-refractivity contribution in [2.45, 2.75) is 33.5 Å². The molecule has 2 aromatic rings. The minimum absolute atomic E-state index is 0.402. The van der Waals surface area contributed by atoms with Crippen molar-refractivity contribution in [3.8, 4) is 11.5 Å². The Bertz CT molecular complexity index is 569. The van der Waals surface area contributed by atoms with Crippen LogP contribution in [0.2, 0.25) is 0 Å². The van der Waals surface area contributed by atoms with Gasteiger partial charge in [0.1, 0.15) is 24.4 Å². The largest absolute Gasteiger partial charge is 0.497 e. The maximum atomic E-state index is 5.90. The second-order valence-electron chi connectivity index (χ2n) is 4.53. The van der Waals surface area contributed by atoms with Crippen LogP contribution in [0, 0.1) is 0 Å². The SMILES string of the molecule is CCNCc1cc(OC)ccc1OCc1ncnn1CC. The summed E-state index contributed by atoms with van der Waals surface area (Å²) >= 11 is 0. The zero-order chi connectivity index (χ0) is 15.1. The minimum atomic E-state index is 0.402. The molecule has 0 amide bonds. The summed E-state index contributed by atoms with van der Waals surface area (Å²) in [6.45, 7) is 6.93. The Balaban J connectivity index is 2.10. The summed E-state index contributed by atoms with van der Waals surface area (Å²) in [7, 11) is 1.66. The van der Waals surface area contributed by atoms with Gasteiger partial charge in [-0.15, -0.1) is 0 Å². The first-order chi connectivity index (χ1) is 10.3. The summed E-state index contributed by atoms with van der Waals surface area (Å²) in [6, 6.07) is 5.82. The van der Waals surface area contributed by atoms with Crippen LogP contribution in [-0.4, -0.2) is 28.4 Å². The van der Waals surface area contributed by atoms with E-state index < -0.39 is 0 Å². The Hall–Kier alpha value is -2.08. The highest BCUT2D eigenvalue weighted by Gasteiger charge is 2.08. The number of nitrogens with one attached hydrogen (secondary N) is 1. The third-order valence-electron chi connectivity index (χ3n) is 3.19. The van der Waals surface area contributed by atoms with Gasteiger partial charge in [0.2, 0.25) is 0 Å². The molecule has 0 radical (unpaired) electrons. The number of benzene rings is 1. The Kier molecular flexibility index (Phi) is 5.57. The van der Waals surface area contributed by atoms with Gasteiger partial charge in [-0.05, 0) is 31.7 Å². The molecule has 1 heterocycles. The monoisotopic (exact) mass is 290 g/mol. The van der Waals surface area contributed by atoms with Crippen LogP contribution in [0.4, 0.5) is 0 Å². The topological polar surface area (TPSA) is 61.2 Å². The van der Waals surface area contributed by atoms with Crippen molar-refractivity contribution in [2.24, 2.45) is 0 Å². The number of aryl methyl sites for hydroxylation is 1. The second-order valence-corrected chi connectivity index (χ2v) is 4.53. The molecule has 1 aromatic heterocycles. The Labute approximate surface area is 125 Å². The van der Waals surface area contributed by atoms with Crippen molar-refractivity contribution in [3.05, 3.63) is 35.9 Å². The van der Waals surface area contributed by atoms with Gasteiger partial charge >= 0.3 is 0 Å². The average molecular weight is 290 g/mol. The first-order valence-corrected chi connectivity index (χ1v) is 7.15. The normalized spacial score (nSPS) is 10.6. The molecular weight excluding hydrogens is 268 g/mol. The van der Waals surface area contributed by atoms with Crippen molar-refractivity contribution in [3.63, 3.8) is 0 Å². The standard InChI is InChI=1S/C15H22N4O2/c1-4-16-9-12-8-13(20-3)6-7-14(12)21-10-15-17-11-18-19(15)5-2/h6-8,11,16H,4-5,9-10H2,1-3H3.